The fourth-order valence-electron chi connectivity index (χ4n) is 2.20. The van der Waals surface area contributed by atoms with Gasteiger partial charge in [-0.1, -0.05) is 30.3 Å². The van der Waals surface area contributed by atoms with Crippen molar-refractivity contribution in [3.63, 3.8) is 0 Å². The van der Waals surface area contributed by atoms with E-state index >= 15 is 0 Å². The third kappa shape index (κ3) is 4.46. The summed E-state index contributed by atoms with van der Waals surface area (Å²) in [6.07, 6.45) is 0.0361. The number of carbonyl (C=O) groups excluding carboxylic acids is 2. The first-order valence-electron chi connectivity index (χ1n) is 6.95. The third-order valence-electron chi connectivity index (χ3n) is 3.37. The normalized spacial score (nSPS) is 17.9. The van der Waals surface area contributed by atoms with E-state index in [1.54, 1.807) is 12.0 Å². The highest BCUT2D eigenvalue weighted by molar-refractivity contribution is 5.87. The molecule has 0 bridgehead atoms. The van der Waals surface area contributed by atoms with Crippen LogP contribution in [0, 0.1) is 0 Å². The van der Waals surface area contributed by atoms with Crippen LogP contribution in [0.15, 0.2) is 30.3 Å². The van der Waals surface area contributed by atoms with Crippen LogP contribution in [0.3, 0.4) is 0 Å². The molecule has 1 heterocycles. The number of nitrogens with zero attached hydrogens (tertiary/aromatic N) is 1. The molecule has 114 valence electrons. The fraction of sp³-hybridized carbons (Fsp3) is 0.467. The van der Waals surface area contributed by atoms with Crippen LogP contribution in [0.2, 0.25) is 0 Å². The number of ether oxygens (including phenoxy) is 2. The first-order valence-corrected chi connectivity index (χ1v) is 6.95. The number of likely N-dealkylation sites (tertiary alicyclic amines) is 1. The summed E-state index contributed by atoms with van der Waals surface area (Å²) >= 11 is 0. The van der Waals surface area contributed by atoms with E-state index in [1.165, 1.54) is 0 Å². The number of methoxy groups -OCH3 is 1. The average molecular weight is 292 g/mol. The van der Waals surface area contributed by atoms with Crippen molar-refractivity contribution in [1.82, 2.24) is 10.2 Å². The number of rotatable bonds is 6. The van der Waals surface area contributed by atoms with Crippen molar-refractivity contribution in [3.05, 3.63) is 35.9 Å². The zero-order chi connectivity index (χ0) is 15.1. The minimum absolute atomic E-state index is 0.0799. The Morgan fingerprint density at radius 3 is 2.86 bits per heavy atom. The Kier molecular flexibility index (Phi) is 5.57. The van der Waals surface area contributed by atoms with Gasteiger partial charge in [0.05, 0.1) is 6.61 Å². The molecule has 1 fully saturated rings. The predicted octanol–water partition coefficient (Wildman–Crippen LogP) is 1.16. The molecule has 1 aliphatic heterocycles. The number of alkyl carbamates (subject to hydrolysis) is 1. The fourth-order valence-corrected chi connectivity index (χ4v) is 2.20. The maximum absolute atomic E-state index is 12.0. The summed E-state index contributed by atoms with van der Waals surface area (Å²) in [5, 5.41) is 2.61. The molecular weight excluding hydrogens is 272 g/mol. The van der Waals surface area contributed by atoms with E-state index in [-0.39, 0.29) is 12.5 Å². The lowest BCUT2D eigenvalue weighted by Crippen LogP contribution is -2.42. The van der Waals surface area contributed by atoms with Gasteiger partial charge in [-0.25, -0.2) is 4.79 Å². The molecule has 2 amide bonds. The van der Waals surface area contributed by atoms with Gasteiger partial charge in [-0.3, -0.25) is 4.79 Å². The van der Waals surface area contributed by atoms with Crippen molar-refractivity contribution in [2.75, 3.05) is 26.8 Å². The molecular formula is C15H20N2O4. The standard InChI is InChI=1S/C15H20N2O4/c1-20-10-9-17-8-7-13(14(17)18)16-15(19)21-11-12-5-3-2-4-6-12/h2-6,13H,7-11H2,1H3,(H,16,19)/t13-/m0/s1. The lowest BCUT2D eigenvalue weighted by Gasteiger charge is -2.16. The second kappa shape index (κ2) is 7.64. The van der Waals surface area contributed by atoms with Crippen LogP contribution < -0.4 is 5.32 Å². The molecule has 1 atom stereocenters. The Morgan fingerprint density at radius 1 is 1.38 bits per heavy atom. The molecule has 21 heavy (non-hydrogen) atoms. The van der Waals surface area contributed by atoms with Crippen LogP contribution in [-0.4, -0.2) is 49.7 Å². The van der Waals surface area contributed by atoms with Gasteiger partial charge in [-0.05, 0) is 12.0 Å². The summed E-state index contributed by atoms with van der Waals surface area (Å²) in [5.41, 5.74) is 0.909. The van der Waals surface area contributed by atoms with Gasteiger partial charge in [0, 0.05) is 20.2 Å². The summed E-state index contributed by atoms with van der Waals surface area (Å²) in [4.78, 5) is 25.4. The number of carbonyl (C=O) groups is 2. The van der Waals surface area contributed by atoms with E-state index in [0.29, 0.717) is 26.1 Å². The van der Waals surface area contributed by atoms with Crippen LogP contribution in [0.5, 0.6) is 0 Å². The van der Waals surface area contributed by atoms with Crippen molar-refractivity contribution in [2.45, 2.75) is 19.1 Å². The van der Waals surface area contributed by atoms with Gasteiger partial charge in [0.15, 0.2) is 0 Å². The molecule has 0 saturated carbocycles. The summed E-state index contributed by atoms with van der Waals surface area (Å²) in [7, 11) is 1.59. The molecule has 1 N–H and O–H groups in total. The van der Waals surface area contributed by atoms with Crippen molar-refractivity contribution < 1.29 is 19.1 Å². The second-order valence-corrected chi connectivity index (χ2v) is 4.87. The molecule has 2 rings (SSSR count). The molecule has 6 heteroatoms. The molecule has 0 unspecified atom stereocenters. The molecule has 0 spiro atoms. The summed E-state index contributed by atoms with van der Waals surface area (Å²) in [5.74, 6) is -0.0799. The Hall–Kier alpha value is -2.08. The minimum atomic E-state index is -0.564. The summed E-state index contributed by atoms with van der Waals surface area (Å²) < 4.78 is 10.1. The van der Waals surface area contributed by atoms with Crippen molar-refractivity contribution in [1.29, 1.82) is 0 Å². The smallest absolute Gasteiger partial charge is 0.408 e. The Morgan fingerprint density at radius 2 is 2.14 bits per heavy atom. The highest BCUT2D eigenvalue weighted by Gasteiger charge is 2.32. The largest absolute Gasteiger partial charge is 0.445 e. The first kappa shape index (κ1) is 15.3. The van der Waals surface area contributed by atoms with Gasteiger partial charge in [-0.15, -0.1) is 0 Å². The van der Waals surface area contributed by atoms with E-state index in [4.69, 9.17) is 9.47 Å². The third-order valence-corrected chi connectivity index (χ3v) is 3.37. The van der Waals surface area contributed by atoms with Gasteiger partial charge in [0.25, 0.3) is 0 Å². The van der Waals surface area contributed by atoms with Crippen molar-refractivity contribution in [3.8, 4) is 0 Å². The van der Waals surface area contributed by atoms with Crippen LogP contribution in [0.25, 0.3) is 0 Å². The topological polar surface area (TPSA) is 67.9 Å². The van der Waals surface area contributed by atoms with Gasteiger partial charge in [0.2, 0.25) is 5.91 Å². The number of hydrogen-bond acceptors (Lipinski definition) is 4. The monoisotopic (exact) mass is 292 g/mol. The first-order chi connectivity index (χ1) is 10.2. The van der Waals surface area contributed by atoms with Gasteiger partial charge in [-0.2, -0.15) is 0 Å². The van der Waals surface area contributed by atoms with Crippen LogP contribution in [-0.2, 0) is 20.9 Å². The summed E-state index contributed by atoms with van der Waals surface area (Å²) in [6.45, 7) is 1.87. The molecule has 0 radical (unpaired) electrons. The molecule has 1 aromatic carbocycles. The number of hydrogen-bond donors (Lipinski definition) is 1. The highest BCUT2D eigenvalue weighted by atomic mass is 16.5. The lowest BCUT2D eigenvalue weighted by atomic mass is 10.2. The van der Waals surface area contributed by atoms with Crippen molar-refractivity contribution in [2.24, 2.45) is 0 Å². The van der Waals surface area contributed by atoms with E-state index < -0.39 is 12.1 Å². The minimum Gasteiger partial charge on any atom is -0.445 e. The predicted molar refractivity (Wildman–Crippen MR) is 76.6 cm³/mol. The van der Waals surface area contributed by atoms with Gasteiger partial charge < -0.3 is 19.7 Å². The van der Waals surface area contributed by atoms with Crippen LogP contribution in [0.4, 0.5) is 4.79 Å². The second-order valence-electron chi connectivity index (χ2n) is 4.87. The molecule has 1 aliphatic rings. The van der Waals surface area contributed by atoms with Crippen molar-refractivity contribution >= 4 is 12.0 Å². The molecule has 6 nitrogen and oxygen atoms in total. The zero-order valence-corrected chi connectivity index (χ0v) is 12.1. The Balaban J connectivity index is 1.74. The van der Waals surface area contributed by atoms with E-state index in [2.05, 4.69) is 5.32 Å². The Labute approximate surface area is 124 Å². The van der Waals surface area contributed by atoms with Crippen LogP contribution in [0.1, 0.15) is 12.0 Å². The molecule has 0 aliphatic carbocycles. The van der Waals surface area contributed by atoms with E-state index in [9.17, 15) is 9.59 Å². The molecule has 1 saturated heterocycles. The highest BCUT2D eigenvalue weighted by Crippen LogP contribution is 2.11. The number of benzene rings is 1. The molecule has 1 aromatic rings. The van der Waals surface area contributed by atoms with Gasteiger partial charge in [0.1, 0.15) is 12.6 Å². The summed E-state index contributed by atoms with van der Waals surface area (Å²) in [6, 6.07) is 8.91. The number of amides is 2. The molecule has 0 aromatic heterocycles. The quantitative estimate of drug-likeness (QED) is 0.854. The SMILES string of the molecule is COCCN1CC[C@H](NC(=O)OCc2ccccc2)C1=O. The maximum atomic E-state index is 12.0. The Bertz CT molecular complexity index is 478. The van der Waals surface area contributed by atoms with Gasteiger partial charge >= 0.3 is 6.09 Å². The number of nitrogens with one attached hydrogen (secondary N) is 1. The van der Waals surface area contributed by atoms with E-state index in [1.807, 2.05) is 30.3 Å². The van der Waals surface area contributed by atoms with E-state index in [0.717, 1.165) is 5.56 Å². The maximum Gasteiger partial charge on any atom is 0.408 e. The zero-order valence-electron chi connectivity index (χ0n) is 12.1. The lowest BCUT2D eigenvalue weighted by molar-refractivity contribution is -0.129. The van der Waals surface area contributed by atoms with Crippen LogP contribution >= 0.6 is 0 Å². The average Bonchev–Trinajstić information content (AvgIpc) is 2.85.